The fourth-order valence-corrected chi connectivity index (χ4v) is 6.68. The SMILES string of the molecule is O=C([O-])CC1(CSC2c3ccccc3COc3ccc(/C=C/c4ccc5c(F)cc(F)cc5n4)cc32)CC1.[Na+]. The van der Waals surface area contributed by atoms with Gasteiger partial charge in [-0.3, -0.25) is 0 Å². The zero-order chi connectivity index (χ0) is 26.3. The Hall–Kier alpha value is -2.71. The van der Waals surface area contributed by atoms with Gasteiger partial charge in [-0.05, 0) is 71.7 Å². The van der Waals surface area contributed by atoms with E-state index in [2.05, 4.69) is 23.2 Å². The number of aromatic nitrogens is 1. The maximum atomic E-state index is 14.0. The summed E-state index contributed by atoms with van der Waals surface area (Å²) in [6.45, 7) is 0.466. The van der Waals surface area contributed by atoms with Gasteiger partial charge in [-0.2, -0.15) is 0 Å². The van der Waals surface area contributed by atoms with Crippen molar-refractivity contribution in [3.05, 3.63) is 106 Å². The van der Waals surface area contributed by atoms with E-state index < -0.39 is 17.6 Å². The third-order valence-electron chi connectivity index (χ3n) is 7.26. The first-order chi connectivity index (χ1) is 18.4. The van der Waals surface area contributed by atoms with Crippen LogP contribution in [-0.2, 0) is 11.4 Å². The van der Waals surface area contributed by atoms with Crippen molar-refractivity contribution in [3.8, 4) is 5.75 Å². The minimum atomic E-state index is -0.992. The number of pyridine rings is 1. The maximum absolute atomic E-state index is 14.0. The molecule has 0 N–H and O–H groups in total. The van der Waals surface area contributed by atoms with Crippen LogP contribution in [0.2, 0.25) is 0 Å². The number of hydrogen-bond donors (Lipinski definition) is 0. The topological polar surface area (TPSA) is 62.2 Å². The molecule has 1 atom stereocenters. The number of ether oxygens (including phenoxy) is 1. The summed E-state index contributed by atoms with van der Waals surface area (Å²) in [6, 6.07) is 19.6. The second-order valence-corrected chi connectivity index (χ2v) is 11.1. The second kappa shape index (κ2) is 11.4. The Morgan fingerprint density at radius 3 is 2.67 bits per heavy atom. The Labute approximate surface area is 251 Å². The van der Waals surface area contributed by atoms with Crippen LogP contribution in [0.3, 0.4) is 0 Å². The Kier molecular flexibility index (Phi) is 8.15. The number of carbonyl (C=O) groups is 1. The fraction of sp³-hybridized carbons (Fsp3) is 0.226. The van der Waals surface area contributed by atoms with Crippen LogP contribution in [0.15, 0.2) is 66.7 Å². The van der Waals surface area contributed by atoms with Crippen LogP contribution in [-0.4, -0.2) is 16.7 Å². The Balaban J connectivity index is 0.00000308. The van der Waals surface area contributed by atoms with Crippen molar-refractivity contribution in [3.63, 3.8) is 0 Å². The van der Waals surface area contributed by atoms with Gasteiger partial charge in [-0.15, -0.1) is 11.8 Å². The van der Waals surface area contributed by atoms with Gasteiger partial charge in [-0.1, -0.05) is 36.4 Å². The third kappa shape index (κ3) is 6.07. The zero-order valence-corrected chi connectivity index (χ0v) is 24.3. The summed E-state index contributed by atoms with van der Waals surface area (Å²) in [6.07, 6.45) is 5.63. The van der Waals surface area contributed by atoms with E-state index in [1.807, 2.05) is 36.4 Å². The summed E-state index contributed by atoms with van der Waals surface area (Å²) in [5.41, 5.74) is 4.90. The van der Waals surface area contributed by atoms with Gasteiger partial charge in [0.25, 0.3) is 0 Å². The molecule has 3 aromatic carbocycles. The molecule has 2 heterocycles. The van der Waals surface area contributed by atoms with Gasteiger partial charge in [0.1, 0.15) is 24.0 Å². The quantitative estimate of drug-likeness (QED) is 0.330. The number of halogens is 2. The first-order valence-electron chi connectivity index (χ1n) is 12.5. The summed E-state index contributed by atoms with van der Waals surface area (Å²) in [4.78, 5) is 15.7. The summed E-state index contributed by atoms with van der Waals surface area (Å²) in [5.74, 6) is -0.757. The van der Waals surface area contributed by atoms with Gasteiger partial charge in [0.15, 0.2) is 0 Å². The molecule has 0 amide bonds. The summed E-state index contributed by atoms with van der Waals surface area (Å²) in [7, 11) is 0. The molecule has 2 aliphatic rings. The molecule has 1 aromatic heterocycles. The molecular formula is C31H24F2NNaO3S. The number of carboxylic acids is 1. The molecule has 1 aliphatic heterocycles. The van der Waals surface area contributed by atoms with E-state index in [1.54, 1.807) is 23.9 Å². The normalized spacial score (nSPS) is 17.0. The molecule has 192 valence electrons. The molecule has 1 aliphatic carbocycles. The second-order valence-electron chi connectivity index (χ2n) is 10.0. The van der Waals surface area contributed by atoms with Gasteiger partial charge >= 0.3 is 29.6 Å². The fourth-order valence-electron chi connectivity index (χ4n) is 4.99. The van der Waals surface area contributed by atoms with Gasteiger partial charge in [0.05, 0.1) is 16.5 Å². The number of carboxylic acid groups (broad SMARTS) is 1. The van der Waals surface area contributed by atoms with E-state index >= 15 is 0 Å². The monoisotopic (exact) mass is 551 g/mol. The third-order valence-corrected chi connectivity index (χ3v) is 8.88. The average Bonchev–Trinajstić information content (AvgIpc) is 3.67. The minimum absolute atomic E-state index is 0. The molecule has 4 aromatic rings. The molecular weight excluding hydrogens is 527 g/mol. The summed E-state index contributed by atoms with van der Waals surface area (Å²) in [5, 5.41) is 11.6. The number of aliphatic carboxylic acids is 1. The Bertz CT molecular complexity index is 1590. The molecule has 1 fully saturated rings. The number of fused-ring (bicyclic) bond motifs is 3. The van der Waals surface area contributed by atoms with Crippen LogP contribution >= 0.6 is 11.8 Å². The Morgan fingerprint density at radius 2 is 1.87 bits per heavy atom. The number of carbonyl (C=O) groups excluding carboxylic acids is 1. The van der Waals surface area contributed by atoms with Crippen molar-refractivity contribution < 1.29 is 53.0 Å². The number of rotatable bonds is 7. The summed E-state index contributed by atoms with van der Waals surface area (Å²) < 4.78 is 33.9. The van der Waals surface area contributed by atoms with Crippen molar-refractivity contribution in [2.45, 2.75) is 31.1 Å². The molecule has 39 heavy (non-hydrogen) atoms. The predicted molar refractivity (Wildman–Crippen MR) is 143 cm³/mol. The van der Waals surface area contributed by atoms with E-state index in [4.69, 9.17) is 4.74 Å². The van der Waals surface area contributed by atoms with Crippen LogP contribution in [0.1, 0.15) is 52.5 Å². The number of benzene rings is 3. The number of thioether (sulfide) groups is 1. The van der Waals surface area contributed by atoms with Crippen LogP contribution in [0.4, 0.5) is 8.78 Å². The molecule has 8 heteroatoms. The van der Waals surface area contributed by atoms with E-state index in [0.717, 1.165) is 47.1 Å². The Morgan fingerprint density at radius 1 is 1.05 bits per heavy atom. The number of nitrogens with zero attached hydrogens (tertiary/aromatic N) is 1. The molecule has 4 nitrogen and oxygen atoms in total. The largest absolute Gasteiger partial charge is 1.00 e. The molecule has 0 bridgehead atoms. The number of hydrogen-bond acceptors (Lipinski definition) is 5. The first-order valence-corrected chi connectivity index (χ1v) is 13.5. The van der Waals surface area contributed by atoms with Crippen molar-refractivity contribution in [2.75, 3.05) is 5.75 Å². The molecule has 0 saturated heterocycles. The molecule has 1 saturated carbocycles. The van der Waals surface area contributed by atoms with Crippen molar-refractivity contribution in [1.29, 1.82) is 0 Å². The van der Waals surface area contributed by atoms with E-state index in [1.165, 1.54) is 11.6 Å². The van der Waals surface area contributed by atoms with E-state index in [-0.39, 0.29) is 57.5 Å². The van der Waals surface area contributed by atoms with E-state index in [9.17, 15) is 18.7 Å². The predicted octanol–water partition coefficient (Wildman–Crippen LogP) is 3.32. The smallest absolute Gasteiger partial charge is 0.550 e. The van der Waals surface area contributed by atoms with Gasteiger partial charge in [-0.25, -0.2) is 13.8 Å². The molecule has 6 rings (SSSR count). The van der Waals surface area contributed by atoms with Crippen LogP contribution < -0.4 is 39.4 Å². The van der Waals surface area contributed by atoms with Crippen molar-refractivity contribution in [1.82, 2.24) is 4.98 Å². The first kappa shape index (κ1) is 27.8. The van der Waals surface area contributed by atoms with Crippen LogP contribution in [0, 0.1) is 17.0 Å². The summed E-state index contributed by atoms with van der Waals surface area (Å²) >= 11 is 1.76. The van der Waals surface area contributed by atoms with Crippen molar-refractivity contribution in [2.24, 2.45) is 5.41 Å². The standard InChI is InChI=1S/C31H25F2NO3S.Na/c32-21-14-26(33)24-9-8-22(34-27(24)15-21)7-5-19-6-10-28-25(13-19)30(23-4-2-1-3-20(23)17-37-28)38-18-31(11-12-31)16-29(35)36;/h1-10,13-15,30H,11-12,16-18H2,(H,35,36);/q;+1/p-1/b7-5+;. The molecule has 1 unspecified atom stereocenters. The minimum Gasteiger partial charge on any atom is -0.550 e. The zero-order valence-electron chi connectivity index (χ0n) is 21.5. The average molecular weight is 552 g/mol. The van der Waals surface area contributed by atoms with Crippen LogP contribution in [0.25, 0.3) is 23.1 Å². The maximum Gasteiger partial charge on any atom is 1.00 e. The van der Waals surface area contributed by atoms with Gasteiger partial charge in [0.2, 0.25) is 0 Å². The molecule has 0 radical (unpaired) electrons. The van der Waals surface area contributed by atoms with E-state index in [0.29, 0.717) is 12.3 Å². The molecule has 0 spiro atoms. The van der Waals surface area contributed by atoms with Crippen molar-refractivity contribution >= 4 is 40.8 Å². The van der Waals surface area contributed by atoms with Crippen LogP contribution in [0.5, 0.6) is 5.75 Å². The van der Waals surface area contributed by atoms with Gasteiger partial charge < -0.3 is 14.6 Å². The van der Waals surface area contributed by atoms with Gasteiger partial charge in [0, 0.05) is 34.8 Å².